The van der Waals surface area contributed by atoms with Gasteiger partial charge < -0.3 is 15.4 Å². The summed E-state index contributed by atoms with van der Waals surface area (Å²) >= 11 is 1.44. The molecule has 1 aromatic heterocycles. The van der Waals surface area contributed by atoms with Gasteiger partial charge in [0.25, 0.3) is 5.91 Å². The van der Waals surface area contributed by atoms with Crippen molar-refractivity contribution < 1.29 is 9.53 Å². The number of carbonyl (C=O) groups is 1. The van der Waals surface area contributed by atoms with Gasteiger partial charge in [0.05, 0.1) is 23.4 Å². The topological polar surface area (TPSA) is 50.4 Å². The van der Waals surface area contributed by atoms with Crippen LogP contribution in [0.15, 0.2) is 60.0 Å². The third kappa shape index (κ3) is 3.58. The fourth-order valence-corrected chi connectivity index (χ4v) is 3.14. The Morgan fingerprint density at radius 3 is 2.33 bits per heavy atom. The Balaban J connectivity index is 1.80. The first-order valence-corrected chi connectivity index (χ1v) is 8.41. The third-order valence-electron chi connectivity index (χ3n) is 3.61. The molecule has 122 valence electrons. The number of aryl methyl sites for hydroxylation is 1. The van der Waals surface area contributed by atoms with Crippen LogP contribution in [0.4, 0.5) is 17.1 Å². The number of anilines is 3. The molecule has 0 atom stereocenters. The van der Waals surface area contributed by atoms with Crippen molar-refractivity contribution >= 4 is 34.3 Å². The largest absolute Gasteiger partial charge is 0.497 e. The first kappa shape index (κ1) is 16.1. The molecule has 5 heteroatoms. The second-order valence-electron chi connectivity index (χ2n) is 5.29. The van der Waals surface area contributed by atoms with Crippen molar-refractivity contribution in [3.8, 4) is 5.75 Å². The van der Waals surface area contributed by atoms with Crippen LogP contribution in [0.5, 0.6) is 5.75 Å². The summed E-state index contributed by atoms with van der Waals surface area (Å²) in [6, 6.07) is 17.2. The molecule has 0 spiro atoms. The van der Waals surface area contributed by atoms with Gasteiger partial charge in [0.2, 0.25) is 0 Å². The Hall–Kier alpha value is -2.79. The Labute approximate surface area is 145 Å². The van der Waals surface area contributed by atoms with Crippen molar-refractivity contribution in [2.24, 2.45) is 0 Å². The maximum absolute atomic E-state index is 12.4. The van der Waals surface area contributed by atoms with Crippen molar-refractivity contribution in [3.05, 3.63) is 70.4 Å². The number of hydrogen-bond donors (Lipinski definition) is 2. The molecule has 3 aromatic rings. The maximum Gasteiger partial charge on any atom is 0.266 e. The predicted molar refractivity (Wildman–Crippen MR) is 99.7 cm³/mol. The first-order valence-electron chi connectivity index (χ1n) is 7.53. The standard InChI is InChI=1S/C19H18N2O2S/c1-13-11-12-24-18(13)19(22)21-17-6-4-3-5-16(17)20-14-7-9-15(23-2)10-8-14/h3-12,20H,1-2H3,(H,21,22). The highest BCUT2D eigenvalue weighted by molar-refractivity contribution is 7.12. The van der Waals surface area contributed by atoms with Crippen LogP contribution in [0.25, 0.3) is 0 Å². The fourth-order valence-electron chi connectivity index (χ4n) is 2.32. The van der Waals surface area contributed by atoms with E-state index in [4.69, 9.17) is 4.74 Å². The molecule has 0 unspecified atom stereocenters. The zero-order chi connectivity index (χ0) is 16.9. The number of ether oxygens (including phenoxy) is 1. The van der Waals surface area contributed by atoms with Crippen molar-refractivity contribution in [2.75, 3.05) is 17.7 Å². The van der Waals surface area contributed by atoms with E-state index in [1.165, 1.54) is 11.3 Å². The minimum Gasteiger partial charge on any atom is -0.497 e. The first-order chi connectivity index (χ1) is 11.7. The van der Waals surface area contributed by atoms with Crippen molar-refractivity contribution in [1.29, 1.82) is 0 Å². The van der Waals surface area contributed by atoms with E-state index < -0.39 is 0 Å². The lowest BCUT2D eigenvalue weighted by Gasteiger charge is -2.13. The Morgan fingerprint density at radius 2 is 1.71 bits per heavy atom. The Morgan fingerprint density at radius 1 is 1.00 bits per heavy atom. The fraction of sp³-hybridized carbons (Fsp3) is 0.105. The van der Waals surface area contributed by atoms with Gasteiger partial charge in [-0.1, -0.05) is 12.1 Å². The zero-order valence-electron chi connectivity index (χ0n) is 13.5. The molecular formula is C19H18N2O2S. The zero-order valence-corrected chi connectivity index (χ0v) is 14.3. The molecule has 1 amide bonds. The highest BCUT2D eigenvalue weighted by atomic mass is 32.1. The van der Waals surface area contributed by atoms with Crippen LogP contribution in [0.1, 0.15) is 15.2 Å². The SMILES string of the molecule is COc1ccc(Nc2ccccc2NC(=O)c2sccc2C)cc1. The molecule has 0 aliphatic heterocycles. The van der Waals surface area contributed by atoms with Crippen LogP contribution in [0.3, 0.4) is 0 Å². The van der Waals surface area contributed by atoms with Crippen LogP contribution >= 0.6 is 11.3 Å². The summed E-state index contributed by atoms with van der Waals surface area (Å²) in [5, 5.41) is 8.23. The van der Waals surface area contributed by atoms with E-state index in [-0.39, 0.29) is 5.91 Å². The molecule has 1 heterocycles. The summed E-state index contributed by atoms with van der Waals surface area (Å²) in [4.78, 5) is 13.2. The number of para-hydroxylation sites is 2. The number of hydrogen-bond acceptors (Lipinski definition) is 4. The number of amides is 1. The Bertz CT molecular complexity index is 841. The molecule has 2 aromatic carbocycles. The third-order valence-corrected chi connectivity index (χ3v) is 4.63. The minimum atomic E-state index is -0.0912. The molecule has 24 heavy (non-hydrogen) atoms. The average molecular weight is 338 g/mol. The molecule has 0 fully saturated rings. The molecule has 0 saturated carbocycles. The summed E-state index contributed by atoms with van der Waals surface area (Å²) in [7, 11) is 1.64. The van der Waals surface area contributed by atoms with Crippen LogP contribution in [-0.2, 0) is 0 Å². The van der Waals surface area contributed by atoms with Crippen LogP contribution in [-0.4, -0.2) is 13.0 Å². The van der Waals surface area contributed by atoms with Crippen LogP contribution in [0, 0.1) is 6.92 Å². The molecule has 4 nitrogen and oxygen atoms in total. The maximum atomic E-state index is 12.4. The number of nitrogens with one attached hydrogen (secondary N) is 2. The molecule has 2 N–H and O–H groups in total. The van der Waals surface area contributed by atoms with E-state index in [0.717, 1.165) is 33.3 Å². The van der Waals surface area contributed by atoms with Crippen LogP contribution < -0.4 is 15.4 Å². The van der Waals surface area contributed by atoms with Crippen molar-refractivity contribution in [3.63, 3.8) is 0 Å². The number of carbonyl (C=O) groups excluding carboxylic acids is 1. The predicted octanol–water partition coefficient (Wildman–Crippen LogP) is 5.06. The molecule has 0 aliphatic carbocycles. The van der Waals surface area contributed by atoms with Gasteiger partial charge in [0.1, 0.15) is 5.75 Å². The normalized spacial score (nSPS) is 10.2. The van der Waals surface area contributed by atoms with Gasteiger partial charge in [-0.3, -0.25) is 4.79 Å². The lowest BCUT2D eigenvalue weighted by Crippen LogP contribution is -2.12. The number of benzene rings is 2. The van der Waals surface area contributed by atoms with E-state index in [9.17, 15) is 4.79 Å². The van der Waals surface area contributed by atoms with E-state index in [1.54, 1.807) is 7.11 Å². The summed E-state index contributed by atoms with van der Waals surface area (Å²) in [5.41, 5.74) is 3.49. The van der Waals surface area contributed by atoms with Gasteiger partial charge in [0, 0.05) is 5.69 Å². The quantitative estimate of drug-likeness (QED) is 0.683. The number of rotatable bonds is 5. The summed E-state index contributed by atoms with van der Waals surface area (Å²) in [6.45, 7) is 1.94. The summed E-state index contributed by atoms with van der Waals surface area (Å²) in [6.07, 6.45) is 0. The van der Waals surface area contributed by atoms with Crippen molar-refractivity contribution in [2.45, 2.75) is 6.92 Å². The molecule has 0 bridgehead atoms. The molecule has 3 rings (SSSR count). The van der Waals surface area contributed by atoms with Gasteiger partial charge in [0.15, 0.2) is 0 Å². The summed E-state index contributed by atoms with van der Waals surface area (Å²) < 4.78 is 5.16. The lowest BCUT2D eigenvalue weighted by atomic mass is 10.2. The van der Waals surface area contributed by atoms with Gasteiger partial charge in [-0.2, -0.15) is 0 Å². The molecule has 0 aliphatic rings. The second kappa shape index (κ2) is 7.19. The Kier molecular flexibility index (Phi) is 4.82. The van der Waals surface area contributed by atoms with E-state index in [0.29, 0.717) is 0 Å². The molecule has 0 radical (unpaired) electrons. The van der Waals surface area contributed by atoms with E-state index in [2.05, 4.69) is 10.6 Å². The average Bonchev–Trinajstić information content (AvgIpc) is 3.03. The molecular weight excluding hydrogens is 320 g/mol. The highest BCUT2D eigenvalue weighted by Crippen LogP contribution is 2.27. The van der Waals surface area contributed by atoms with Gasteiger partial charge in [-0.15, -0.1) is 11.3 Å². The highest BCUT2D eigenvalue weighted by Gasteiger charge is 2.12. The second-order valence-corrected chi connectivity index (χ2v) is 6.20. The van der Waals surface area contributed by atoms with Crippen molar-refractivity contribution in [1.82, 2.24) is 0 Å². The smallest absolute Gasteiger partial charge is 0.266 e. The minimum absolute atomic E-state index is 0.0912. The van der Waals surface area contributed by atoms with Gasteiger partial charge in [-0.25, -0.2) is 0 Å². The van der Waals surface area contributed by atoms with E-state index >= 15 is 0 Å². The molecule has 0 saturated heterocycles. The van der Waals surface area contributed by atoms with E-state index in [1.807, 2.05) is 66.9 Å². The number of methoxy groups -OCH3 is 1. The lowest BCUT2D eigenvalue weighted by molar-refractivity contribution is 0.103. The van der Waals surface area contributed by atoms with Crippen LogP contribution in [0.2, 0.25) is 0 Å². The van der Waals surface area contributed by atoms with Gasteiger partial charge in [-0.05, 0) is 60.3 Å². The van der Waals surface area contributed by atoms with Gasteiger partial charge >= 0.3 is 0 Å². The monoisotopic (exact) mass is 338 g/mol. The summed E-state index contributed by atoms with van der Waals surface area (Å²) in [5.74, 6) is 0.710. The number of thiophene rings is 1.